The van der Waals surface area contributed by atoms with Crippen LogP contribution >= 0.6 is 0 Å². The van der Waals surface area contributed by atoms with Crippen molar-refractivity contribution in [1.82, 2.24) is 20.6 Å². The lowest BCUT2D eigenvalue weighted by Crippen LogP contribution is -2.52. The fourth-order valence-electron chi connectivity index (χ4n) is 2.16. The summed E-state index contributed by atoms with van der Waals surface area (Å²) in [4.78, 5) is 29.8. The molecule has 2 rings (SSSR count). The molecular formula is C12H18N4O3. The monoisotopic (exact) mass is 266 g/mol. The lowest BCUT2D eigenvalue weighted by atomic mass is 10.0. The van der Waals surface area contributed by atoms with Crippen molar-refractivity contribution in [3.63, 3.8) is 0 Å². The van der Waals surface area contributed by atoms with Crippen molar-refractivity contribution in [3.8, 4) is 0 Å². The normalized spacial score (nSPS) is 20.7. The van der Waals surface area contributed by atoms with Crippen molar-refractivity contribution >= 4 is 11.9 Å². The topological polar surface area (TPSA) is 107 Å². The molecule has 1 unspecified atom stereocenters. The minimum absolute atomic E-state index is 0.202. The predicted molar refractivity (Wildman–Crippen MR) is 67.5 cm³/mol. The number of rotatable bonds is 5. The van der Waals surface area contributed by atoms with Crippen molar-refractivity contribution in [2.24, 2.45) is 0 Å². The van der Waals surface area contributed by atoms with E-state index in [1.165, 1.54) is 6.33 Å². The molecule has 7 heteroatoms. The van der Waals surface area contributed by atoms with Gasteiger partial charge >= 0.3 is 5.97 Å². The molecule has 1 aliphatic heterocycles. The Morgan fingerprint density at radius 3 is 2.95 bits per heavy atom. The molecule has 1 aromatic heterocycles. The van der Waals surface area contributed by atoms with E-state index < -0.39 is 12.0 Å². The van der Waals surface area contributed by atoms with E-state index in [2.05, 4.69) is 20.6 Å². The van der Waals surface area contributed by atoms with Gasteiger partial charge in [0.05, 0.1) is 12.4 Å². The van der Waals surface area contributed by atoms with Crippen LogP contribution in [0.3, 0.4) is 0 Å². The van der Waals surface area contributed by atoms with Crippen molar-refractivity contribution < 1.29 is 14.7 Å². The Bertz CT molecular complexity index is 426. The number of piperidine rings is 1. The maximum Gasteiger partial charge on any atom is 0.326 e. The van der Waals surface area contributed by atoms with E-state index in [-0.39, 0.29) is 18.4 Å². The van der Waals surface area contributed by atoms with Crippen LogP contribution in [0.25, 0.3) is 0 Å². The molecule has 1 amide bonds. The summed E-state index contributed by atoms with van der Waals surface area (Å²) in [5.41, 5.74) is 0.685. The summed E-state index contributed by atoms with van der Waals surface area (Å²) in [6.45, 7) is 0.802. The van der Waals surface area contributed by atoms with Gasteiger partial charge in [0, 0.05) is 18.3 Å². The minimum Gasteiger partial charge on any atom is -0.480 e. The maximum absolute atomic E-state index is 12.0. The van der Waals surface area contributed by atoms with Crippen LogP contribution in [0.5, 0.6) is 0 Å². The van der Waals surface area contributed by atoms with E-state index in [0.29, 0.717) is 5.69 Å². The molecule has 2 atom stereocenters. The van der Waals surface area contributed by atoms with Crippen LogP contribution in [0.1, 0.15) is 25.0 Å². The third kappa shape index (κ3) is 3.78. The van der Waals surface area contributed by atoms with E-state index in [0.717, 1.165) is 25.8 Å². The second kappa shape index (κ2) is 6.33. The Morgan fingerprint density at radius 1 is 1.53 bits per heavy atom. The van der Waals surface area contributed by atoms with Gasteiger partial charge in [-0.05, 0) is 19.4 Å². The summed E-state index contributed by atoms with van der Waals surface area (Å²) in [6, 6.07) is -1.21. The molecule has 0 saturated carbocycles. The molecule has 2 heterocycles. The van der Waals surface area contributed by atoms with Gasteiger partial charge in [-0.1, -0.05) is 6.42 Å². The van der Waals surface area contributed by atoms with Crippen molar-refractivity contribution in [2.45, 2.75) is 37.8 Å². The number of carboxylic acids is 1. The van der Waals surface area contributed by atoms with Crippen LogP contribution in [-0.2, 0) is 16.0 Å². The van der Waals surface area contributed by atoms with Crippen LogP contribution < -0.4 is 10.6 Å². The number of carboxylic acid groups (broad SMARTS) is 1. The number of carbonyl (C=O) groups excluding carboxylic acids is 1. The Hall–Kier alpha value is -1.89. The summed E-state index contributed by atoms with van der Waals surface area (Å²) >= 11 is 0. The zero-order valence-corrected chi connectivity index (χ0v) is 10.6. The van der Waals surface area contributed by atoms with Gasteiger partial charge in [-0.15, -0.1) is 0 Å². The van der Waals surface area contributed by atoms with Gasteiger partial charge in [-0.3, -0.25) is 4.79 Å². The largest absolute Gasteiger partial charge is 0.480 e. The highest BCUT2D eigenvalue weighted by molar-refractivity contribution is 5.87. The van der Waals surface area contributed by atoms with E-state index in [4.69, 9.17) is 5.11 Å². The second-order valence-corrected chi connectivity index (χ2v) is 4.68. The summed E-state index contributed by atoms with van der Waals surface area (Å²) in [7, 11) is 0. The summed E-state index contributed by atoms with van der Waals surface area (Å²) in [6.07, 6.45) is 6.04. The summed E-state index contributed by atoms with van der Waals surface area (Å²) in [5, 5.41) is 14.8. The number of imidazole rings is 1. The third-order valence-corrected chi connectivity index (χ3v) is 3.22. The molecule has 0 aliphatic carbocycles. The molecule has 1 aromatic rings. The molecule has 4 N–H and O–H groups in total. The molecule has 104 valence electrons. The molecule has 1 fully saturated rings. The number of aromatic amines is 1. The standard InChI is InChI=1S/C12H18N4O3/c17-11(9-3-1-2-4-14-9)16-10(12(18)19)5-8-6-13-7-15-8/h6-7,9-10,14H,1-5H2,(H,13,15)(H,16,17)(H,18,19)/t9-,10?/m0/s1. The van der Waals surface area contributed by atoms with Gasteiger partial charge in [-0.2, -0.15) is 0 Å². The first kappa shape index (κ1) is 13.5. The molecule has 7 nitrogen and oxygen atoms in total. The Morgan fingerprint density at radius 2 is 2.37 bits per heavy atom. The fraction of sp³-hybridized carbons (Fsp3) is 0.583. The van der Waals surface area contributed by atoms with E-state index >= 15 is 0 Å². The lowest BCUT2D eigenvalue weighted by Gasteiger charge is -2.24. The molecule has 0 bridgehead atoms. The highest BCUT2D eigenvalue weighted by Gasteiger charge is 2.26. The molecule has 1 saturated heterocycles. The molecule has 0 aromatic carbocycles. The number of H-pyrrole nitrogens is 1. The van der Waals surface area contributed by atoms with Gasteiger partial charge in [0.1, 0.15) is 6.04 Å². The maximum atomic E-state index is 12.0. The van der Waals surface area contributed by atoms with Gasteiger partial charge in [0.25, 0.3) is 0 Å². The SMILES string of the molecule is O=C(O)C(Cc1cnc[nH]1)NC(=O)[C@@H]1CCCCN1. The zero-order valence-electron chi connectivity index (χ0n) is 10.6. The number of aromatic nitrogens is 2. The van der Waals surface area contributed by atoms with Crippen LogP contribution in [0.4, 0.5) is 0 Å². The van der Waals surface area contributed by atoms with Gasteiger partial charge < -0.3 is 20.7 Å². The molecule has 19 heavy (non-hydrogen) atoms. The first-order chi connectivity index (χ1) is 9.16. The molecule has 0 radical (unpaired) electrons. The highest BCUT2D eigenvalue weighted by Crippen LogP contribution is 2.08. The average Bonchev–Trinajstić information content (AvgIpc) is 2.91. The zero-order chi connectivity index (χ0) is 13.7. The quantitative estimate of drug-likeness (QED) is 0.583. The number of carbonyl (C=O) groups is 2. The second-order valence-electron chi connectivity index (χ2n) is 4.68. The first-order valence-electron chi connectivity index (χ1n) is 6.40. The molecule has 0 spiro atoms. The highest BCUT2D eigenvalue weighted by atomic mass is 16.4. The van der Waals surface area contributed by atoms with Crippen LogP contribution in [0, 0.1) is 0 Å². The number of hydrogen-bond donors (Lipinski definition) is 4. The van der Waals surface area contributed by atoms with Gasteiger partial charge in [0.15, 0.2) is 0 Å². The third-order valence-electron chi connectivity index (χ3n) is 3.22. The predicted octanol–water partition coefficient (Wildman–Crippen LogP) is -0.336. The van der Waals surface area contributed by atoms with E-state index in [1.807, 2.05) is 0 Å². The number of nitrogens with zero attached hydrogens (tertiary/aromatic N) is 1. The number of hydrogen-bond acceptors (Lipinski definition) is 4. The van der Waals surface area contributed by atoms with Gasteiger partial charge in [-0.25, -0.2) is 9.78 Å². The first-order valence-corrected chi connectivity index (χ1v) is 6.40. The molecular weight excluding hydrogens is 248 g/mol. The smallest absolute Gasteiger partial charge is 0.326 e. The van der Waals surface area contributed by atoms with Gasteiger partial charge in [0.2, 0.25) is 5.91 Å². The van der Waals surface area contributed by atoms with Crippen molar-refractivity contribution in [2.75, 3.05) is 6.54 Å². The van der Waals surface area contributed by atoms with E-state index in [9.17, 15) is 9.59 Å². The lowest BCUT2D eigenvalue weighted by molar-refractivity contribution is -0.142. The Kier molecular flexibility index (Phi) is 4.51. The minimum atomic E-state index is -1.04. The Labute approximate surface area is 110 Å². The molecule has 1 aliphatic rings. The van der Waals surface area contributed by atoms with Crippen molar-refractivity contribution in [1.29, 1.82) is 0 Å². The number of amides is 1. The fourth-order valence-corrected chi connectivity index (χ4v) is 2.16. The summed E-state index contributed by atoms with van der Waals surface area (Å²) < 4.78 is 0. The van der Waals surface area contributed by atoms with Crippen molar-refractivity contribution in [3.05, 3.63) is 18.2 Å². The van der Waals surface area contributed by atoms with Crippen LogP contribution in [-0.4, -0.2) is 45.6 Å². The van der Waals surface area contributed by atoms with E-state index in [1.54, 1.807) is 6.20 Å². The number of aliphatic carboxylic acids is 1. The summed E-state index contributed by atoms with van der Waals surface area (Å²) in [5.74, 6) is -1.29. The average molecular weight is 266 g/mol. The van der Waals surface area contributed by atoms with Crippen LogP contribution in [0.2, 0.25) is 0 Å². The van der Waals surface area contributed by atoms with Crippen LogP contribution in [0.15, 0.2) is 12.5 Å². The number of nitrogens with one attached hydrogen (secondary N) is 3. The Balaban J connectivity index is 1.92.